The van der Waals surface area contributed by atoms with E-state index in [4.69, 9.17) is 23.1 Å². The highest BCUT2D eigenvalue weighted by molar-refractivity contribution is 7.94. The van der Waals surface area contributed by atoms with Crippen molar-refractivity contribution in [2.24, 2.45) is 0 Å². The van der Waals surface area contributed by atoms with E-state index in [9.17, 15) is 0 Å². The fraction of sp³-hybridized carbons (Fsp3) is 0.667. The van der Waals surface area contributed by atoms with Crippen LogP contribution in [-0.4, -0.2) is 67.0 Å². The molecule has 0 aliphatic heterocycles. The van der Waals surface area contributed by atoms with Crippen LogP contribution in [0.1, 0.15) is 13.8 Å². The van der Waals surface area contributed by atoms with E-state index in [2.05, 4.69) is 5.32 Å². The second kappa shape index (κ2) is 19.5. The maximum atomic E-state index is 5.49. The Hall–Kier alpha value is -0.830. The van der Waals surface area contributed by atoms with Gasteiger partial charge in [0.2, 0.25) is 0 Å². The van der Waals surface area contributed by atoms with Gasteiger partial charge in [-0.05, 0) is 24.3 Å². The van der Waals surface area contributed by atoms with Crippen LogP contribution in [0.2, 0.25) is 0 Å². The zero-order valence-electron chi connectivity index (χ0n) is 15.9. The molecular formula is C18H33NO5S. The first-order valence-electron chi connectivity index (χ1n) is 8.63. The monoisotopic (exact) mass is 375 g/mol. The van der Waals surface area contributed by atoms with Crippen LogP contribution in [0.15, 0.2) is 29.2 Å². The summed E-state index contributed by atoms with van der Waals surface area (Å²) in [5.41, 5.74) is 1.07. The number of ether oxygens (including phenoxy) is 4. The lowest BCUT2D eigenvalue weighted by Gasteiger charge is -2.09. The van der Waals surface area contributed by atoms with Crippen molar-refractivity contribution < 1.29 is 23.1 Å². The van der Waals surface area contributed by atoms with Gasteiger partial charge in [0, 0.05) is 36.3 Å². The minimum Gasteiger partial charge on any atom is -0.383 e. The van der Waals surface area contributed by atoms with Gasteiger partial charge >= 0.3 is 0 Å². The van der Waals surface area contributed by atoms with Crippen molar-refractivity contribution in [3.05, 3.63) is 24.3 Å². The standard InChI is InChI=1S/C16H27NO5S.C2H6/c1-18-9-10-21-13-14-22-12-11-20-8-7-17-15-3-5-16(6-4-15)23-19-2;1-2/h3-6,17H,7-14H2,1-2H3;1-2H3. The Morgan fingerprint density at radius 1 is 0.760 bits per heavy atom. The molecule has 1 aromatic rings. The SMILES string of the molecule is CC.COCCOCCOCCOCCNc1ccc(SOC)cc1. The van der Waals surface area contributed by atoms with E-state index in [1.54, 1.807) is 14.2 Å². The minimum atomic E-state index is 0.580. The fourth-order valence-corrected chi connectivity index (χ4v) is 2.12. The van der Waals surface area contributed by atoms with E-state index in [1.165, 1.54) is 12.0 Å². The van der Waals surface area contributed by atoms with Gasteiger partial charge in [-0.1, -0.05) is 13.8 Å². The molecular weight excluding hydrogens is 342 g/mol. The summed E-state index contributed by atoms with van der Waals surface area (Å²) in [5.74, 6) is 0. The maximum Gasteiger partial charge on any atom is 0.0701 e. The van der Waals surface area contributed by atoms with Gasteiger partial charge in [-0.25, -0.2) is 0 Å². The van der Waals surface area contributed by atoms with Crippen molar-refractivity contribution in [2.75, 3.05) is 72.3 Å². The van der Waals surface area contributed by atoms with Gasteiger partial charge in [0.1, 0.15) is 0 Å². The molecule has 0 amide bonds. The Morgan fingerprint density at radius 2 is 1.28 bits per heavy atom. The first kappa shape index (κ1) is 24.2. The average Bonchev–Trinajstić information content (AvgIpc) is 2.66. The first-order valence-corrected chi connectivity index (χ1v) is 9.37. The molecule has 0 heterocycles. The minimum absolute atomic E-state index is 0.580. The van der Waals surface area contributed by atoms with Crippen molar-refractivity contribution in [1.82, 2.24) is 0 Å². The number of methoxy groups -OCH3 is 1. The topological polar surface area (TPSA) is 58.2 Å². The van der Waals surface area contributed by atoms with Crippen LogP contribution in [0.25, 0.3) is 0 Å². The molecule has 1 N–H and O–H groups in total. The lowest BCUT2D eigenvalue weighted by Crippen LogP contribution is -2.14. The molecule has 0 atom stereocenters. The molecule has 1 aromatic carbocycles. The number of nitrogens with one attached hydrogen (secondary N) is 1. The van der Waals surface area contributed by atoms with Gasteiger partial charge in [-0.3, -0.25) is 0 Å². The summed E-state index contributed by atoms with van der Waals surface area (Å²) >= 11 is 1.35. The Kier molecular flexibility index (Phi) is 18.8. The van der Waals surface area contributed by atoms with Gasteiger partial charge in [0.25, 0.3) is 0 Å². The third-order valence-corrected chi connectivity index (χ3v) is 3.42. The maximum absolute atomic E-state index is 5.49. The van der Waals surface area contributed by atoms with Gasteiger partial charge in [0.15, 0.2) is 0 Å². The predicted octanol–water partition coefficient (Wildman–Crippen LogP) is 3.47. The quantitative estimate of drug-likeness (QED) is 0.372. The molecule has 25 heavy (non-hydrogen) atoms. The summed E-state index contributed by atoms with van der Waals surface area (Å²) in [5, 5.41) is 3.30. The highest BCUT2D eigenvalue weighted by Crippen LogP contribution is 2.19. The molecule has 0 aliphatic carbocycles. The lowest BCUT2D eigenvalue weighted by atomic mass is 10.3. The molecule has 7 heteroatoms. The van der Waals surface area contributed by atoms with E-state index in [-0.39, 0.29) is 0 Å². The molecule has 0 spiro atoms. The summed E-state index contributed by atoms with van der Waals surface area (Å²) in [6.45, 7) is 8.95. The van der Waals surface area contributed by atoms with Crippen molar-refractivity contribution in [1.29, 1.82) is 0 Å². The van der Waals surface area contributed by atoms with Crippen molar-refractivity contribution >= 4 is 17.7 Å². The number of hydrogen-bond acceptors (Lipinski definition) is 7. The van der Waals surface area contributed by atoms with E-state index in [0.717, 1.165) is 17.1 Å². The summed E-state index contributed by atoms with van der Waals surface area (Å²) in [6, 6.07) is 8.07. The molecule has 1 rings (SSSR count). The van der Waals surface area contributed by atoms with Crippen LogP contribution in [0.3, 0.4) is 0 Å². The molecule has 6 nitrogen and oxygen atoms in total. The average molecular weight is 376 g/mol. The van der Waals surface area contributed by atoms with Crippen LogP contribution in [-0.2, 0) is 23.1 Å². The molecule has 0 saturated carbocycles. The van der Waals surface area contributed by atoms with Gasteiger partial charge in [-0.15, -0.1) is 0 Å². The zero-order valence-corrected chi connectivity index (χ0v) is 16.7. The van der Waals surface area contributed by atoms with E-state index < -0.39 is 0 Å². The predicted molar refractivity (Wildman–Crippen MR) is 103 cm³/mol. The van der Waals surface area contributed by atoms with E-state index in [1.807, 2.05) is 38.1 Å². The van der Waals surface area contributed by atoms with Crippen LogP contribution in [0, 0.1) is 0 Å². The molecule has 146 valence electrons. The van der Waals surface area contributed by atoms with Crippen LogP contribution < -0.4 is 5.32 Å². The molecule has 0 radical (unpaired) electrons. The van der Waals surface area contributed by atoms with Crippen molar-refractivity contribution in [3.63, 3.8) is 0 Å². The summed E-state index contributed by atoms with van der Waals surface area (Å²) in [7, 11) is 3.31. The molecule has 0 unspecified atom stereocenters. The van der Waals surface area contributed by atoms with Crippen molar-refractivity contribution in [2.45, 2.75) is 18.7 Å². The largest absolute Gasteiger partial charge is 0.383 e. The fourth-order valence-electron chi connectivity index (χ4n) is 1.68. The van der Waals surface area contributed by atoms with Crippen molar-refractivity contribution in [3.8, 4) is 0 Å². The van der Waals surface area contributed by atoms with Gasteiger partial charge < -0.3 is 28.4 Å². The van der Waals surface area contributed by atoms with E-state index >= 15 is 0 Å². The number of benzene rings is 1. The third kappa shape index (κ3) is 15.2. The Morgan fingerprint density at radius 3 is 1.80 bits per heavy atom. The number of anilines is 1. The third-order valence-electron chi connectivity index (χ3n) is 2.79. The molecule has 0 aromatic heterocycles. The van der Waals surface area contributed by atoms with E-state index in [0.29, 0.717) is 46.2 Å². The van der Waals surface area contributed by atoms with Crippen LogP contribution >= 0.6 is 12.0 Å². The van der Waals surface area contributed by atoms with Crippen LogP contribution in [0.4, 0.5) is 5.69 Å². The second-order valence-corrected chi connectivity index (χ2v) is 5.50. The lowest BCUT2D eigenvalue weighted by molar-refractivity contribution is 0.00495. The first-order chi connectivity index (χ1) is 12.4. The second-order valence-electron chi connectivity index (χ2n) is 4.53. The smallest absolute Gasteiger partial charge is 0.0701 e. The van der Waals surface area contributed by atoms with Gasteiger partial charge in [0.05, 0.1) is 53.4 Å². The highest BCUT2D eigenvalue weighted by atomic mass is 32.2. The number of rotatable bonds is 15. The summed E-state index contributed by atoms with van der Waals surface area (Å²) < 4.78 is 26.0. The number of hydrogen-bond donors (Lipinski definition) is 1. The van der Waals surface area contributed by atoms with Crippen LogP contribution in [0.5, 0.6) is 0 Å². The molecule has 0 fully saturated rings. The molecule has 0 bridgehead atoms. The normalized spacial score (nSPS) is 10.2. The summed E-state index contributed by atoms with van der Waals surface area (Å²) in [6.07, 6.45) is 0. The molecule has 0 saturated heterocycles. The Bertz CT molecular complexity index is 378. The summed E-state index contributed by atoms with van der Waals surface area (Å²) in [4.78, 5) is 1.08. The molecule has 0 aliphatic rings. The highest BCUT2D eigenvalue weighted by Gasteiger charge is 1.95. The zero-order chi connectivity index (χ0) is 18.6. The Labute approximate surface area is 156 Å². The Balaban J connectivity index is 0.00000277. The van der Waals surface area contributed by atoms with Gasteiger partial charge in [-0.2, -0.15) is 0 Å².